The van der Waals surface area contributed by atoms with Gasteiger partial charge in [-0.25, -0.2) is 9.97 Å². The van der Waals surface area contributed by atoms with Crippen LogP contribution in [0.1, 0.15) is 53.0 Å². The Hall–Kier alpha value is -1.32. The van der Waals surface area contributed by atoms with Gasteiger partial charge in [0.15, 0.2) is 0 Å². The maximum Gasteiger partial charge on any atom is 0.135 e. The van der Waals surface area contributed by atoms with Gasteiger partial charge in [0.25, 0.3) is 0 Å². The summed E-state index contributed by atoms with van der Waals surface area (Å²) in [4.78, 5) is 8.74. The lowest BCUT2D eigenvalue weighted by molar-refractivity contribution is 0.557. The summed E-state index contributed by atoms with van der Waals surface area (Å²) in [5, 5.41) is 6.81. The summed E-state index contributed by atoms with van der Waals surface area (Å²) in [7, 11) is 0. The van der Waals surface area contributed by atoms with Gasteiger partial charge in [0.1, 0.15) is 18.0 Å². The predicted molar refractivity (Wildman–Crippen MR) is 78.2 cm³/mol. The molecule has 0 bridgehead atoms. The minimum Gasteiger partial charge on any atom is -0.370 e. The second-order valence-electron chi connectivity index (χ2n) is 5.35. The minimum atomic E-state index is 0.391. The van der Waals surface area contributed by atoms with Crippen LogP contribution in [0.3, 0.4) is 0 Å². The summed E-state index contributed by atoms with van der Waals surface area (Å²) in [6, 6.07) is 0.395. The van der Waals surface area contributed by atoms with E-state index in [1.54, 1.807) is 6.33 Å². The fourth-order valence-corrected chi connectivity index (χ4v) is 1.75. The Labute approximate surface area is 111 Å². The van der Waals surface area contributed by atoms with Crippen molar-refractivity contribution in [3.8, 4) is 0 Å². The third-order valence-electron chi connectivity index (χ3n) is 3.17. The van der Waals surface area contributed by atoms with E-state index >= 15 is 0 Å². The molecule has 0 saturated heterocycles. The second-order valence-corrected chi connectivity index (χ2v) is 5.35. The number of rotatable bonds is 6. The van der Waals surface area contributed by atoms with E-state index in [2.05, 4.69) is 62.1 Å². The van der Waals surface area contributed by atoms with E-state index in [1.807, 2.05) is 0 Å². The molecule has 1 aromatic heterocycles. The molecule has 0 aliphatic heterocycles. The third kappa shape index (κ3) is 3.59. The Morgan fingerprint density at radius 2 is 1.67 bits per heavy atom. The van der Waals surface area contributed by atoms with Crippen molar-refractivity contribution in [2.75, 3.05) is 17.2 Å². The molecule has 0 aromatic carbocycles. The van der Waals surface area contributed by atoms with Crippen LogP contribution >= 0.6 is 0 Å². The van der Waals surface area contributed by atoms with Crippen molar-refractivity contribution in [2.24, 2.45) is 5.92 Å². The van der Waals surface area contributed by atoms with Gasteiger partial charge in [-0.2, -0.15) is 0 Å². The Bertz CT molecular complexity index is 374. The standard InChI is InChI=1S/C14H26N4/c1-7-15-13-12(10(4)5)14(17-8-16-13)18-11(6)9(2)3/h8-11H,7H2,1-6H3,(H2,15,16,17,18). The van der Waals surface area contributed by atoms with Crippen molar-refractivity contribution in [2.45, 2.75) is 53.5 Å². The lowest BCUT2D eigenvalue weighted by Crippen LogP contribution is -2.23. The van der Waals surface area contributed by atoms with Crippen LogP contribution in [-0.4, -0.2) is 22.6 Å². The normalized spacial score (nSPS) is 12.9. The van der Waals surface area contributed by atoms with Gasteiger partial charge in [0.05, 0.1) is 0 Å². The number of aromatic nitrogens is 2. The largest absolute Gasteiger partial charge is 0.370 e. The van der Waals surface area contributed by atoms with E-state index in [-0.39, 0.29) is 0 Å². The molecule has 0 radical (unpaired) electrons. The molecular formula is C14H26N4. The Morgan fingerprint density at radius 1 is 1.06 bits per heavy atom. The predicted octanol–water partition coefficient (Wildman–Crippen LogP) is 3.49. The van der Waals surface area contributed by atoms with Crippen molar-refractivity contribution >= 4 is 11.6 Å². The van der Waals surface area contributed by atoms with Crippen molar-refractivity contribution in [3.63, 3.8) is 0 Å². The highest BCUT2D eigenvalue weighted by atomic mass is 15.1. The van der Waals surface area contributed by atoms with E-state index in [9.17, 15) is 0 Å². The minimum absolute atomic E-state index is 0.391. The van der Waals surface area contributed by atoms with Gasteiger partial charge in [0, 0.05) is 18.2 Å². The second kappa shape index (κ2) is 6.57. The smallest absolute Gasteiger partial charge is 0.135 e. The SMILES string of the molecule is CCNc1ncnc(NC(C)C(C)C)c1C(C)C. The van der Waals surface area contributed by atoms with E-state index in [1.165, 1.54) is 5.56 Å². The van der Waals surface area contributed by atoms with E-state index in [0.29, 0.717) is 17.9 Å². The van der Waals surface area contributed by atoms with Gasteiger partial charge in [-0.05, 0) is 25.7 Å². The average molecular weight is 250 g/mol. The fourth-order valence-electron chi connectivity index (χ4n) is 1.75. The van der Waals surface area contributed by atoms with Gasteiger partial charge in [-0.3, -0.25) is 0 Å². The highest BCUT2D eigenvalue weighted by Crippen LogP contribution is 2.29. The summed E-state index contributed by atoms with van der Waals surface area (Å²) in [5.41, 5.74) is 1.17. The number of hydrogen-bond donors (Lipinski definition) is 2. The maximum absolute atomic E-state index is 4.40. The lowest BCUT2D eigenvalue weighted by atomic mass is 10.0. The number of nitrogens with one attached hydrogen (secondary N) is 2. The number of hydrogen-bond acceptors (Lipinski definition) is 4. The molecule has 2 N–H and O–H groups in total. The third-order valence-corrected chi connectivity index (χ3v) is 3.17. The van der Waals surface area contributed by atoms with E-state index in [4.69, 9.17) is 0 Å². The van der Waals surface area contributed by atoms with Crippen LogP contribution in [0.15, 0.2) is 6.33 Å². The molecule has 0 spiro atoms. The molecule has 0 saturated carbocycles. The van der Waals surface area contributed by atoms with E-state index < -0.39 is 0 Å². The summed E-state index contributed by atoms with van der Waals surface area (Å²) in [5.74, 6) is 2.86. The van der Waals surface area contributed by atoms with Crippen LogP contribution in [0, 0.1) is 5.92 Å². The molecule has 0 amide bonds. The monoisotopic (exact) mass is 250 g/mol. The molecular weight excluding hydrogens is 224 g/mol. The van der Waals surface area contributed by atoms with Gasteiger partial charge >= 0.3 is 0 Å². The van der Waals surface area contributed by atoms with Gasteiger partial charge in [-0.15, -0.1) is 0 Å². The first-order valence-electron chi connectivity index (χ1n) is 6.82. The van der Waals surface area contributed by atoms with Crippen LogP contribution in [0.5, 0.6) is 0 Å². The summed E-state index contributed by atoms with van der Waals surface area (Å²) in [6.45, 7) is 13.9. The summed E-state index contributed by atoms with van der Waals surface area (Å²) < 4.78 is 0. The summed E-state index contributed by atoms with van der Waals surface area (Å²) in [6.07, 6.45) is 1.62. The number of nitrogens with zero attached hydrogens (tertiary/aromatic N) is 2. The summed E-state index contributed by atoms with van der Waals surface area (Å²) >= 11 is 0. The maximum atomic E-state index is 4.40. The van der Waals surface area contributed by atoms with Crippen molar-refractivity contribution in [1.82, 2.24) is 9.97 Å². The van der Waals surface area contributed by atoms with Crippen LogP contribution in [0.25, 0.3) is 0 Å². The van der Waals surface area contributed by atoms with Crippen molar-refractivity contribution in [1.29, 1.82) is 0 Å². The molecule has 4 nitrogen and oxygen atoms in total. The first-order valence-corrected chi connectivity index (χ1v) is 6.82. The van der Waals surface area contributed by atoms with Crippen LogP contribution < -0.4 is 10.6 Å². The first kappa shape index (κ1) is 14.7. The zero-order valence-electron chi connectivity index (χ0n) is 12.4. The zero-order chi connectivity index (χ0) is 13.7. The van der Waals surface area contributed by atoms with Crippen LogP contribution in [0.2, 0.25) is 0 Å². The Kier molecular flexibility index (Phi) is 5.38. The van der Waals surface area contributed by atoms with Gasteiger partial charge in [0.2, 0.25) is 0 Å². The van der Waals surface area contributed by atoms with Gasteiger partial charge in [-0.1, -0.05) is 27.7 Å². The topological polar surface area (TPSA) is 49.8 Å². The zero-order valence-corrected chi connectivity index (χ0v) is 12.4. The quantitative estimate of drug-likeness (QED) is 0.811. The fraction of sp³-hybridized carbons (Fsp3) is 0.714. The van der Waals surface area contributed by atoms with Crippen LogP contribution in [0.4, 0.5) is 11.6 Å². The Morgan fingerprint density at radius 3 is 2.17 bits per heavy atom. The average Bonchev–Trinajstić information content (AvgIpc) is 2.29. The molecule has 102 valence electrons. The molecule has 1 unspecified atom stereocenters. The molecule has 0 fully saturated rings. The first-order chi connectivity index (χ1) is 8.47. The molecule has 1 heterocycles. The van der Waals surface area contributed by atoms with Crippen molar-refractivity contribution < 1.29 is 0 Å². The molecule has 4 heteroatoms. The van der Waals surface area contributed by atoms with E-state index in [0.717, 1.165) is 18.2 Å². The molecule has 0 aliphatic carbocycles. The molecule has 1 aromatic rings. The molecule has 1 atom stereocenters. The highest BCUT2D eigenvalue weighted by Gasteiger charge is 2.17. The lowest BCUT2D eigenvalue weighted by Gasteiger charge is -2.22. The molecule has 18 heavy (non-hydrogen) atoms. The molecule has 0 aliphatic rings. The highest BCUT2D eigenvalue weighted by molar-refractivity contribution is 5.59. The Balaban J connectivity index is 3.06. The van der Waals surface area contributed by atoms with Crippen LogP contribution in [-0.2, 0) is 0 Å². The van der Waals surface area contributed by atoms with Gasteiger partial charge < -0.3 is 10.6 Å². The number of anilines is 2. The molecule has 1 rings (SSSR count). The van der Waals surface area contributed by atoms with Crippen molar-refractivity contribution in [3.05, 3.63) is 11.9 Å².